The van der Waals surface area contributed by atoms with Crippen LogP contribution >= 0.6 is 0 Å². The van der Waals surface area contributed by atoms with Crippen LogP contribution < -0.4 is 0 Å². The van der Waals surface area contributed by atoms with Crippen molar-refractivity contribution in [3.05, 3.63) is 0 Å². The van der Waals surface area contributed by atoms with Crippen molar-refractivity contribution < 1.29 is 9.53 Å². The van der Waals surface area contributed by atoms with E-state index in [-0.39, 0.29) is 29.9 Å². The zero-order valence-electron chi connectivity index (χ0n) is 8.27. The van der Waals surface area contributed by atoms with Gasteiger partial charge in [-0.1, -0.05) is 26.7 Å². The molecule has 0 aliphatic carbocycles. The van der Waals surface area contributed by atoms with Gasteiger partial charge in [0.15, 0.2) is 0 Å². The molecule has 0 rings (SSSR count). The number of unbranched alkanes of at least 4 members (excludes halogenated alkanes) is 2. The number of rotatable bonds is 6. The van der Waals surface area contributed by atoms with Gasteiger partial charge in [0.25, 0.3) is 0 Å². The molecular weight excluding hydrogens is 259 g/mol. The van der Waals surface area contributed by atoms with E-state index in [1.165, 1.54) is 0 Å². The minimum absolute atomic E-state index is 0. The fourth-order valence-electron chi connectivity index (χ4n) is 0.724. The van der Waals surface area contributed by atoms with Crippen LogP contribution in [-0.4, -0.2) is 36.5 Å². The Labute approximate surface area is 92.0 Å². The van der Waals surface area contributed by atoms with Crippen LogP contribution in [0.2, 0.25) is 0 Å². The van der Waals surface area contributed by atoms with Crippen LogP contribution in [0.25, 0.3) is 0 Å². The van der Waals surface area contributed by atoms with Gasteiger partial charge in [-0.15, -0.1) is 0 Å². The van der Waals surface area contributed by atoms with Gasteiger partial charge in [0.1, 0.15) is 0 Å². The molecule has 3 heteroatoms. The first-order valence-corrected chi connectivity index (χ1v) is 4.46. The summed E-state index contributed by atoms with van der Waals surface area (Å²) < 4.78 is 4.95. The fraction of sp³-hybridized carbons (Fsp3) is 0.889. The SMILES string of the molecule is CCCCOC(=O)CCCC.[SnH2]. The van der Waals surface area contributed by atoms with Crippen molar-refractivity contribution in [1.82, 2.24) is 0 Å². The number of hydrogen-bond donors (Lipinski definition) is 0. The van der Waals surface area contributed by atoms with Crippen molar-refractivity contribution >= 4 is 29.9 Å². The number of carbonyl (C=O) groups is 1. The van der Waals surface area contributed by atoms with Crippen LogP contribution in [0, 0.1) is 0 Å². The quantitative estimate of drug-likeness (QED) is 0.419. The molecule has 12 heavy (non-hydrogen) atoms. The van der Waals surface area contributed by atoms with E-state index in [2.05, 4.69) is 13.8 Å². The summed E-state index contributed by atoms with van der Waals surface area (Å²) in [4.78, 5) is 10.9. The van der Waals surface area contributed by atoms with Crippen LogP contribution in [0.15, 0.2) is 0 Å². The maximum atomic E-state index is 10.9. The standard InChI is InChI=1S/C9H18O2.Sn.2H/c1-3-5-7-9(10)11-8-6-4-2;;;/h3-8H2,1-2H3;;;. The number of esters is 1. The summed E-state index contributed by atoms with van der Waals surface area (Å²) in [5.41, 5.74) is 0. The Kier molecular flexibility index (Phi) is 13.9. The van der Waals surface area contributed by atoms with E-state index >= 15 is 0 Å². The third kappa shape index (κ3) is 10.3. The topological polar surface area (TPSA) is 26.3 Å². The summed E-state index contributed by atoms with van der Waals surface area (Å²) in [6.07, 6.45) is 4.66. The van der Waals surface area contributed by atoms with Gasteiger partial charge in [-0.25, -0.2) is 0 Å². The van der Waals surface area contributed by atoms with Crippen molar-refractivity contribution in [2.75, 3.05) is 6.61 Å². The van der Waals surface area contributed by atoms with Gasteiger partial charge in [-0.3, -0.25) is 4.79 Å². The van der Waals surface area contributed by atoms with Gasteiger partial charge in [-0.2, -0.15) is 0 Å². The van der Waals surface area contributed by atoms with E-state index in [1.807, 2.05) is 0 Å². The first-order valence-electron chi connectivity index (χ1n) is 4.46. The molecule has 0 aliphatic heterocycles. The van der Waals surface area contributed by atoms with Crippen LogP contribution in [0.5, 0.6) is 0 Å². The van der Waals surface area contributed by atoms with Crippen LogP contribution in [-0.2, 0) is 9.53 Å². The third-order valence-electron chi connectivity index (χ3n) is 1.50. The fourth-order valence-corrected chi connectivity index (χ4v) is 0.724. The van der Waals surface area contributed by atoms with E-state index in [4.69, 9.17) is 4.74 Å². The summed E-state index contributed by atoms with van der Waals surface area (Å²) in [5, 5.41) is 0. The second kappa shape index (κ2) is 11.3. The summed E-state index contributed by atoms with van der Waals surface area (Å²) in [7, 11) is 0. The average molecular weight is 279 g/mol. The van der Waals surface area contributed by atoms with Crippen molar-refractivity contribution in [3.63, 3.8) is 0 Å². The van der Waals surface area contributed by atoms with Crippen LogP contribution in [0.3, 0.4) is 0 Å². The molecule has 0 N–H and O–H groups in total. The number of ether oxygens (including phenoxy) is 1. The second-order valence-corrected chi connectivity index (χ2v) is 2.68. The van der Waals surface area contributed by atoms with Crippen molar-refractivity contribution in [2.45, 2.75) is 46.0 Å². The molecule has 0 saturated carbocycles. The molecule has 0 aliphatic rings. The predicted octanol–water partition coefficient (Wildman–Crippen LogP) is 1.60. The molecular formula is C9H20O2Sn. The molecule has 0 amide bonds. The van der Waals surface area contributed by atoms with Gasteiger partial charge in [0.2, 0.25) is 0 Å². The molecule has 72 valence electrons. The monoisotopic (exact) mass is 280 g/mol. The van der Waals surface area contributed by atoms with E-state index in [1.54, 1.807) is 0 Å². The number of carbonyl (C=O) groups excluding carboxylic acids is 1. The van der Waals surface area contributed by atoms with Crippen molar-refractivity contribution in [3.8, 4) is 0 Å². The van der Waals surface area contributed by atoms with Crippen molar-refractivity contribution in [1.29, 1.82) is 0 Å². The molecule has 0 aromatic heterocycles. The first-order chi connectivity index (χ1) is 5.31. The van der Waals surface area contributed by atoms with Crippen molar-refractivity contribution in [2.24, 2.45) is 0 Å². The van der Waals surface area contributed by atoms with Gasteiger partial charge in [0, 0.05) is 6.42 Å². The molecule has 0 atom stereocenters. The molecule has 0 unspecified atom stereocenters. The molecule has 0 spiro atoms. The molecule has 0 fully saturated rings. The Morgan fingerprint density at radius 1 is 1.17 bits per heavy atom. The minimum atomic E-state index is -0.0414. The van der Waals surface area contributed by atoms with Crippen LogP contribution in [0.1, 0.15) is 46.0 Å². The predicted molar refractivity (Wildman–Crippen MR) is 53.9 cm³/mol. The number of hydrogen-bond acceptors (Lipinski definition) is 2. The van der Waals surface area contributed by atoms with Gasteiger partial charge in [-0.05, 0) is 12.8 Å². The maximum absolute atomic E-state index is 10.9. The summed E-state index contributed by atoms with van der Waals surface area (Å²) >= 11 is 0. The Hall–Kier alpha value is 0.269. The second-order valence-electron chi connectivity index (χ2n) is 2.68. The summed E-state index contributed by atoms with van der Waals surface area (Å²) in [5.74, 6) is -0.0414. The Balaban J connectivity index is 0. The van der Waals surface area contributed by atoms with E-state index in [9.17, 15) is 4.79 Å². The molecule has 0 bridgehead atoms. The molecule has 2 nitrogen and oxygen atoms in total. The molecule has 0 aromatic carbocycles. The van der Waals surface area contributed by atoms with E-state index in [0.717, 1.165) is 25.7 Å². The van der Waals surface area contributed by atoms with Gasteiger partial charge >= 0.3 is 29.9 Å². The zero-order chi connectivity index (χ0) is 8.53. The molecule has 0 saturated heterocycles. The van der Waals surface area contributed by atoms with Crippen LogP contribution in [0.4, 0.5) is 0 Å². The first kappa shape index (κ1) is 14.8. The Bertz CT molecular complexity index is 105. The Morgan fingerprint density at radius 2 is 1.75 bits per heavy atom. The average Bonchev–Trinajstić information content (AvgIpc) is 2.01. The van der Waals surface area contributed by atoms with Gasteiger partial charge in [0.05, 0.1) is 6.61 Å². The third-order valence-corrected chi connectivity index (χ3v) is 1.50. The molecule has 2 radical (unpaired) electrons. The summed E-state index contributed by atoms with van der Waals surface area (Å²) in [6.45, 7) is 4.75. The normalized spacial score (nSPS) is 8.83. The zero-order valence-corrected chi connectivity index (χ0v) is 12.3. The molecule has 0 aromatic rings. The van der Waals surface area contributed by atoms with E-state index < -0.39 is 0 Å². The molecule has 0 heterocycles. The summed E-state index contributed by atoms with van der Waals surface area (Å²) in [6, 6.07) is 0. The van der Waals surface area contributed by atoms with E-state index in [0.29, 0.717) is 13.0 Å². The Morgan fingerprint density at radius 3 is 2.25 bits per heavy atom. The van der Waals surface area contributed by atoms with Gasteiger partial charge < -0.3 is 4.74 Å².